The average molecular weight is 268 g/mol. The van der Waals surface area contributed by atoms with Crippen molar-refractivity contribution in [1.82, 2.24) is 15.3 Å². The zero-order valence-electron chi connectivity index (χ0n) is 10.8. The van der Waals surface area contributed by atoms with Crippen LogP contribution in [0.5, 0.6) is 0 Å². The molecule has 2 rings (SSSR count). The normalized spacial score (nSPS) is 25.1. The Morgan fingerprint density at radius 1 is 1.61 bits per heavy atom. The van der Waals surface area contributed by atoms with E-state index < -0.39 is 0 Å². The fourth-order valence-electron chi connectivity index (χ4n) is 2.27. The molecule has 2 unspecified atom stereocenters. The second-order valence-corrected chi connectivity index (χ2v) is 5.95. The van der Waals surface area contributed by atoms with Crippen LogP contribution in [0.2, 0.25) is 0 Å². The Labute approximate surface area is 111 Å². The zero-order chi connectivity index (χ0) is 13.1. The number of nitrogens with two attached hydrogens (primary N) is 1. The lowest BCUT2D eigenvalue weighted by molar-refractivity contribution is 0.0952. The smallest absolute Gasteiger partial charge is 0.294 e. The molecule has 1 aliphatic rings. The van der Waals surface area contributed by atoms with E-state index in [1.54, 1.807) is 0 Å². The molecule has 1 fully saturated rings. The predicted molar refractivity (Wildman–Crippen MR) is 72.0 cm³/mol. The number of nitrogen functional groups attached to an aromatic ring is 1. The van der Waals surface area contributed by atoms with Crippen molar-refractivity contribution in [3.05, 3.63) is 16.1 Å². The number of piperidine rings is 1. The molecule has 1 amide bonds. The minimum Gasteiger partial charge on any atom is -0.297 e. The summed E-state index contributed by atoms with van der Waals surface area (Å²) in [5.41, 5.74) is 3.07. The minimum atomic E-state index is -0.313. The summed E-state index contributed by atoms with van der Waals surface area (Å²) in [6.07, 6.45) is 1.24. The highest BCUT2D eigenvalue weighted by Crippen LogP contribution is 2.23. The molecule has 1 aromatic heterocycles. The highest BCUT2D eigenvalue weighted by molar-refractivity contribution is 7.11. The molecule has 0 saturated carbocycles. The van der Waals surface area contributed by atoms with E-state index in [1.807, 2.05) is 5.38 Å². The van der Waals surface area contributed by atoms with Gasteiger partial charge in [0.1, 0.15) is 0 Å². The Hall–Kier alpha value is -0.980. The van der Waals surface area contributed by atoms with Gasteiger partial charge in [0.15, 0.2) is 5.01 Å². The lowest BCUT2D eigenvalue weighted by atomic mass is 9.89. The molecule has 0 aliphatic carbocycles. The maximum absolute atomic E-state index is 11.3. The highest BCUT2D eigenvalue weighted by Gasteiger charge is 2.23. The molecule has 0 radical (unpaired) electrons. The Balaban J connectivity index is 1.93. The molecule has 5 nitrogen and oxygen atoms in total. The lowest BCUT2D eigenvalue weighted by Gasteiger charge is -2.34. The van der Waals surface area contributed by atoms with Crippen LogP contribution in [-0.2, 0) is 6.54 Å². The molecule has 6 heteroatoms. The predicted octanol–water partition coefficient (Wildman–Crippen LogP) is 1.22. The Kier molecular flexibility index (Phi) is 4.31. The summed E-state index contributed by atoms with van der Waals surface area (Å²) >= 11 is 1.34. The molecule has 18 heavy (non-hydrogen) atoms. The van der Waals surface area contributed by atoms with Gasteiger partial charge in [-0.1, -0.05) is 13.8 Å². The first-order valence-electron chi connectivity index (χ1n) is 6.28. The number of hydrogen-bond acceptors (Lipinski definition) is 5. The van der Waals surface area contributed by atoms with Crippen molar-refractivity contribution in [2.24, 2.45) is 17.7 Å². The summed E-state index contributed by atoms with van der Waals surface area (Å²) in [6, 6.07) is 0. The number of nitrogens with one attached hydrogen (secondary N) is 1. The van der Waals surface area contributed by atoms with Crippen LogP contribution in [0.15, 0.2) is 5.38 Å². The molecule has 2 atom stereocenters. The van der Waals surface area contributed by atoms with Crippen LogP contribution in [0.1, 0.15) is 35.8 Å². The Bertz CT molecular complexity index is 420. The number of nitrogens with zero attached hydrogens (tertiary/aromatic N) is 2. The molecule has 3 N–H and O–H groups in total. The molecule has 1 aromatic rings. The molecule has 100 valence electrons. The monoisotopic (exact) mass is 268 g/mol. The molecule has 0 bridgehead atoms. The third kappa shape index (κ3) is 3.07. The van der Waals surface area contributed by atoms with Gasteiger partial charge in [-0.25, -0.2) is 10.8 Å². The largest absolute Gasteiger partial charge is 0.297 e. The maximum Gasteiger partial charge on any atom is 0.294 e. The van der Waals surface area contributed by atoms with Crippen LogP contribution >= 0.6 is 11.3 Å². The van der Waals surface area contributed by atoms with E-state index in [9.17, 15) is 4.79 Å². The summed E-state index contributed by atoms with van der Waals surface area (Å²) in [4.78, 5) is 18.0. The van der Waals surface area contributed by atoms with Crippen molar-refractivity contribution in [2.45, 2.75) is 26.8 Å². The van der Waals surface area contributed by atoms with Crippen LogP contribution < -0.4 is 11.3 Å². The van der Waals surface area contributed by atoms with Crippen LogP contribution in [0, 0.1) is 11.8 Å². The number of amides is 1. The maximum atomic E-state index is 11.3. The quantitative estimate of drug-likeness (QED) is 0.491. The number of carbonyl (C=O) groups excluding carboxylic acids is 1. The summed E-state index contributed by atoms with van der Waals surface area (Å²) in [5, 5.41) is 2.37. The van der Waals surface area contributed by atoms with Gasteiger partial charge in [0.25, 0.3) is 5.91 Å². The first kappa shape index (κ1) is 13.5. The summed E-state index contributed by atoms with van der Waals surface area (Å²) in [6.45, 7) is 7.66. The zero-order valence-corrected chi connectivity index (χ0v) is 11.7. The van der Waals surface area contributed by atoms with Crippen molar-refractivity contribution in [3.63, 3.8) is 0 Å². The molecule has 1 saturated heterocycles. The van der Waals surface area contributed by atoms with Crippen LogP contribution in [0.3, 0.4) is 0 Å². The van der Waals surface area contributed by atoms with Gasteiger partial charge in [-0.2, -0.15) is 0 Å². The number of thiazole rings is 1. The van der Waals surface area contributed by atoms with Crippen molar-refractivity contribution >= 4 is 17.2 Å². The SMILES string of the molecule is CC1CCN(Cc2csc(C(=O)NN)n2)CC1C. The average Bonchev–Trinajstić information content (AvgIpc) is 2.81. The van der Waals surface area contributed by atoms with Crippen molar-refractivity contribution < 1.29 is 4.79 Å². The first-order valence-corrected chi connectivity index (χ1v) is 7.15. The van der Waals surface area contributed by atoms with E-state index in [0.29, 0.717) is 5.01 Å². The number of carbonyl (C=O) groups is 1. The van der Waals surface area contributed by atoms with Crippen molar-refractivity contribution in [3.8, 4) is 0 Å². The van der Waals surface area contributed by atoms with Gasteiger partial charge in [-0.3, -0.25) is 15.1 Å². The van der Waals surface area contributed by atoms with Crippen LogP contribution in [-0.4, -0.2) is 28.9 Å². The van der Waals surface area contributed by atoms with Gasteiger partial charge in [-0.05, 0) is 24.8 Å². The topological polar surface area (TPSA) is 71.2 Å². The van der Waals surface area contributed by atoms with Gasteiger partial charge >= 0.3 is 0 Å². The van der Waals surface area contributed by atoms with Crippen molar-refractivity contribution in [1.29, 1.82) is 0 Å². The number of hydrogen-bond donors (Lipinski definition) is 2. The van der Waals surface area contributed by atoms with E-state index in [4.69, 9.17) is 5.84 Å². The number of aromatic nitrogens is 1. The minimum absolute atomic E-state index is 0.313. The van der Waals surface area contributed by atoms with E-state index in [1.165, 1.54) is 17.8 Å². The lowest BCUT2D eigenvalue weighted by Crippen LogP contribution is -2.38. The Morgan fingerprint density at radius 3 is 3.06 bits per heavy atom. The van der Waals surface area contributed by atoms with Crippen LogP contribution in [0.25, 0.3) is 0 Å². The van der Waals surface area contributed by atoms with Gasteiger partial charge in [0, 0.05) is 18.5 Å². The third-order valence-corrected chi connectivity index (χ3v) is 4.57. The van der Waals surface area contributed by atoms with Gasteiger partial charge in [0.2, 0.25) is 0 Å². The van der Waals surface area contributed by atoms with Gasteiger partial charge in [0.05, 0.1) is 5.69 Å². The van der Waals surface area contributed by atoms with Gasteiger partial charge in [-0.15, -0.1) is 11.3 Å². The number of rotatable bonds is 3. The molecular formula is C12H20N4OS. The molecule has 0 aromatic carbocycles. The van der Waals surface area contributed by atoms with Crippen LogP contribution in [0.4, 0.5) is 0 Å². The van der Waals surface area contributed by atoms with E-state index in [0.717, 1.165) is 37.2 Å². The molecule has 2 heterocycles. The summed E-state index contributed by atoms with van der Waals surface area (Å²) in [7, 11) is 0. The first-order chi connectivity index (χ1) is 8.60. The standard InChI is InChI=1S/C12H20N4OS/c1-8-3-4-16(5-9(8)2)6-10-7-18-12(14-10)11(17)15-13/h7-9H,3-6,13H2,1-2H3,(H,15,17). The highest BCUT2D eigenvalue weighted by atomic mass is 32.1. The number of likely N-dealkylation sites (tertiary alicyclic amines) is 1. The van der Waals surface area contributed by atoms with Gasteiger partial charge < -0.3 is 0 Å². The molecule has 1 aliphatic heterocycles. The second-order valence-electron chi connectivity index (χ2n) is 5.10. The molecular weight excluding hydrogens is 248 g/mol. The summed E-state index contributed by atoms with van der Waals surface area (Å²) < 4.78 is 0. The van der Waals surface area contributed by atoms with E-state index in [2.05, 4.69) is 29.2 Å². The van der Waals surface area contributed by atoms with Crippen molar-refractivity contribution in [2.75, 3.05) is 13.1 Å². The fourth-order valence-corrected chi connectivity index (χ4v) is 2.98. The number of hydrazine groups is 1. The molecule has 0 spiro atoms. The second kappa shape index (κ2) is 5.77. The fraction of sp³-hybridized carbons (Fsp3) is 0.667. The Morgan fingerprint density at radius 2 is 2.39 bits per heavy atom. The van der Waals surface area contributed by atoms with E-state index >= 15 is 0 Å². The summed E-state index contributed by atoms with van der Waals surface area (Å²) in [5.74, 6) is 6.30. The van der Waals surface area contributed by atoms with E-state index in [-0.39, 0.29) is 5.91 Å². The third-order valence-electron chi connectivity index (χ3n) is 3.68.